The summed E-state index contributed by atoms with van der Waals surface area (Å²) >= 11 is 0. The van der Waals surface area contributed by atoms with Crippen LogP contribution in [0.15, 0.2) is 18.5 Å². The lowest BCUT2D eigenvalue weighted by Crippen LogP contribution is -2.29. The Morgan fingerprint density at radius 1 is 1.55 bits per heavy atom. The molecule has 0 radical (unpaired) electrons. The number of aliphatic hydroxyl groups is 1. The number of anilines is 1. The minimum absolute atomic E-state index is 0.105. The van der Waals surface area contributed by atoms with Crippen molar-refractivity contribution in [3.63, 3.8) is 0 Å². The van der Waals surface area contributed by atoms with Gasteiger partial charge in [-0.15, -0.1) is 0 Å². The molecule has 0 spiro atoms. The third-order valence-corrected chi connectivity index (χ3v) is 3.99. The highest BCUT2D eigenvalue weighted by Crippen LogP contribution is 2.37. The summed E-state index contributed by atoms with van der Waals surface area (Å²) in [5, 5.41) is 15.0. The van der Waals surface area contributed by atoms with Crippen molar-refractivity contribution in [2.45, 2.75) is 44.5 Å². The molecule has 0 aromatic carbocycles. The Bertz CT molecular complexity index is 645. The lowest BCUT2D eigenvalue weighted by atomic mass is 10.1. The van der Waals surface area contributed by atoms with Crippen LogP contribution < -0.4 is 5.73 Å². The van der Waals surface area contributed by atoms with Crippen LogP contribution in [0.3, 0.4) is 0 Å². The Morgan fingerprint density at radius 2 is 2.41 bits per heavy atom. The Labute approximate surface area is 129 Å². The zero-order chi connectivity index (χ0) is 15.6. The Kier molecular flexibility index (Phi) is 4.28. The van der Waals surface area contributed by atoms with Gasteiger partial charge in [0.15, 0.2) is 5.82 Å². The lowest BCUT2D eigenvalue weighted by Gasteiger charge is -2.23. The quantitative estimate of drug-likeness (QED) is 0.784. The predicted octanol–water partition coefficient (Wildman–Crippen LogP) is 1.45. The largest absolute Gasteiger partial charge is 0.382 e. The molecule has 0 unspecified atom stereocenters. The zero-order valence-electron chi connectivity index (χ0n) is 12.7. The van der Waals surface area contributed by atoms with E-state index in [4.69, 9.17) is 15.2 Å². The molecule has 7 heteroatoms. The molecule has 1 saturated heterocycles. The van der Waals surface area contributed by atoms with Crippen LogP contribution in [0.25, 0.3) is 5.52 Å². The van der Waals surface area contributed by atoms with Crippen molar-refractivity contribution in [1.82, 2.24) is 14.6 Å². The second-order valence-electron chi connectivity index (χ2n) is 5.65. The van der Waals surface area contributed by atoms with Gasteiger partial charge in [-0.2, -0.15) is 5.10 Å². The summed E-state index contributed by atoms with van der Waals surface area (Å²) in [7, 11) is 0. The number of ether oxygens (including phenoxy) is 2. The first-order valence-electron chi connectivity index (χ1n) is 7.70. The maximum atomic E-state index is 10.8. The summed E-state index contributed by atoms with van der Waals surface area (Å²) in [6.07, 6.45) is 4.66. The van der Waals surface area contributed by atoms with Crippen molar-refractivity contribution in [2.24, 2.45) is 0 Å². The summed E-state index contributed by atoms with van der Waals surface area (Å²) in [5.74, 6) is -0.978. The van der Waals surface area contributed by atoms with E-state index in [1.807, 2.05) is 0 Å². The molecule has 22 heavy (non-hydrogen) atoms. The van der Waals surface area contributed by atoms with E-state index >= 15 is 0 Å². The van der Waals surface area contributed by atoms with E-state index in [2.05, 4.69) is 17.0 Å². The van der Waals surface area contributed by atoms with E-state index in [9.17, 15) is 5.11 Å². The number of aromatic nitrogens is 3. The second-order valence-corrected chi connectivity index (χ2v) is 5.65. The molecule has 2 aromatic heterocycles. The van der Waals surface area contributed by atoms with Gasteiger partial charge in [0.2, 0.25) is 5.79 Å². The number of nitrogens with zero attached hydrogens (tertiary/aromatic N) is 3. The molecule has 1 aliphatic heterocycles. The predicted molar refractivity (Wildman–Crippen MR) is 81.1 cm³/mol. The topological polar surface area (TPSA) is 94.9 Å². The molecule has 3 N–H and O–H groups in total. The van der Waals surface area contributed by atoms with E-state index in [-0.39, 0.29) is 6.10 Å². The fraction of sp³-hybridized carbons (Fsp3) is 0.600. The zero-order valence-corrected chi connectivity index (χ0v) is 12.7. The van der Waals surface area contributed by atoms with Crippen LogP contribution in [-0.4, -0.2) is 39.0 Å². The maximum absolute atomic E-state index is 10.8. The lowest BCUT2D eigenvalue weighted by molar-refractivity contribution is -0.211. The summed E-state index contributed by atoms with van der Waals surface area (Å²) in [6.45, 7) is 3.36. The standard InChI is InChI=1S/C15H22N4O3/c1-2-3-8-21-9-11-6-7-15(20,22-11)13-5-4-12-14(16)17-10-18-19(12)13/h4-5,10-11,20H,2-3,6-9H2,1H3,(H2,16,17,18)/t11-,15+/m0/s1. The smallest absolute Gasteiger partial charge is 0.210 e. The molecule has 120 valence electrons. The van der Waals surface area contributed by atoms with Crippen molar-refractivity contribution in [3.8, 4) is 0 Å². The molecule has 1 aliphatic rings. The van der Waals surface area contributed by atoms with Gasteiger partial charge in [0.1, 0.15) is 17.5 Å². The van der Waals surface area contributed by atoms with Crippen molar-refractivity contribution in [2.75, 3.05) is 18.9 Å². The monoisotopic (exact) mass is 306 g/mol. The van der Waals surface area contributed by atoms with E-state index in [0.717, 1.165) is 25.9 Å². The minimum atomic E-state index is -1.36. The molecule has 3 rings (SSSR count). The first kappa shape index (κ1) is 15.2. The Morgan fingerprint density at radius 3 is 3.23 bits per heavy atom. The molecular formula is C15H22N4O3. The highest BCUT2D eigenvalue weighted by molar-refractivity contribution is 5.65. The van der Waals surface area contributed by atoms with Crippen LogP contribution >= 0.6 is 0 Å². The average molecular weight is 306 g/mol. The van der Waals surface area contributed by atoms with E-state index in [1.54, 1.807) is 16.6 Å². The summed E-state index contributed by atoms with van der Waals surface area (Å²) in [5.41, 5.74) is 7.06. The molecule has 0 bridgehead atoms. The number of fused-ring (bicyclic) bond motifs is 1. The number of hydrogen-bond donors (Lipinski definition) is 2. The van der Waals surface area contributed by atoms with E-state index in [1.165, 1.54) is 6.33 Å². The van der Waals surface area contributed by atoms with Gasteiger partial charge in [-0.3, -0.25) is 0 Å². The van der Waals surface area contributed by atoms with Gasteiger partial charge in [0.25, 0.3) is 0 Å². The summed E-state index contributed by atoms with van der Waals surface area (Å²) in [6, 6.07) is 3.57. The van der Waals surface area contributed by atoms with Gasteiger partial charge < -0.3 is 20.3 Å². The maximum Gasteiger partial charge on any atom is 0.210 e. The third-order valence-electron chi connectivity index (χ3n) is 3.99. The van der Waals surface area contributed by atoms with Crippen molar-refractivity contribution < 1.29 is 14.6 Å². The Hall–Kier alpha value is -1.70. The molecule has 2 aromatic rings. The van der Waals surface area contributed by atoms with Crippen LogP contribution in [0.5, 0.6) is 0 Å². The fourth-order valence-electron chi connectivity index (χ4n) is 2.77. The summed E-state index contributed by atoms with van der Waals surface area (Å²) < 4.78 is 13.0. The van der Waals surface area contributed by atoms with Crippen LogP contribution in [0.1, 0.15) is 38.3 Å². The second kappa shape index (κ2) is 6.20. The molecule has 3 heterocycles. The van der Waals surface area contributed by atoms with Crippen LogP contribution in [-0.2, 0) is 15.3 Å². The van der Waals surface area contributed by atoms with Gasteiger partial charge in [-0.25, -0.2) is 9.50 Å². The minimum Gasteiger partial charge on any atom is -0.382 e. The van der Waals surface area contributed by atoms with E-state index in [0.29, 0.717) is 30.1 Å². The number of hydrogen-bond acceptors (Lipinski definition) is 6. The van der Waals surface area contributed by atoms with Crippen LogP contribution in [0.4, 0.5) is 5.82 Å². The molecule has 0 amide bonds. The molecule has 0 saturated carbocycles. The number of nitrogens with two attached hydrogens (primary N) is 1. The average Bonchev–Trinajstić information content (AvgIpc) is 3.10. The number of unbranched alkanes of at least 4 members (excludes halogenated alkanes) is 1. The van der Waals surface area contributed by atoms with Crippen molar-refractivity contribution in [1.29, 1.82) is 0 Å². The fourth-order valence-corrected chi connectivity index (χ4v) is 2.77. The highest BCUT2D eigenvalue weighted by Gasteiger charge is 2.42. The molecule has 1 fully saturated rings. The van der Waals surface area contributed by atoms with Gasteiger partial charge in [-0.05, 0) is 25.0 Å². The SMILES string of the molecule is CCCCOC[C@@H]1CC[C@](O)(c2ccc3c(N)ncnn23)O1. The van der Waals surface area contributed by atoms with Crippen molar-refractivity contribution >= 4 is 11.3 Å². The normalized spacial score (nSPS) is 25.1. The first-order chi connectivity index (χ1) is 10.6. The van der Waals surface area contributed by atoms with E-state index < -0.39 is 5.79 Å². The van der Waals surface area contributed by atoms with Crippen LogP contribution in [0.2, 0.25) is 0 Å². The molecule has 0 aliphatic carbocycles. The molecular weight excluding hydrogens is 284 g/mol. The van der Waals surface area contributed by atoms with Gasteiger partial charge in [-0.1, -0.05) is 13.3 Å². The van der Waals surface area contributed by atoms with Crippen LogP contribution in [0, 0.1) is 0 Å². The summed E-state index contributed by atoms with van der Waals surface area (Å²) in [4.78, 5) is 3.95. The van der Waals surface area contributed by atoms with Gasteiger partial charge in [0, 0.05) is 13.0 Å². The van der Waals surface area contributed by atoms with Gasteiger partial charge >= 0.3 is 0 Å². The first-order valence-corrected chi connectivity index (χ1v) is 7.70. The molecule has 2 atom stereocenters. The Balaban J connectivity index is 1.72. The molecule has 7 nitrogen and oxygen atoms in total. The highest BCUT2D eigenvalue weighted by atomic mass is 16.6. The number of nitrogen functional groups attached to an aromatic ring is 1. The van der Waals surface area contributed by atoms with Crippen molar-refractivity contribution in [3.05, 3.63) is 24.2 Å². The third kappa shape index (κ3) is 2.79. The van der Waals surface area contributed by atoms with Gasteiger partial charge in [0.05, 0.1) is 12.7 Å². The number of rotatable bonds is 6.